The van der Waals surface area contributed by atoms with Crippen molar-refractivity contribution in [2.75, 3.05) is 18.9 Å². The van der Waals surface area contributed by atoms with E-state index >= 15 is 0 Å². The van der Waals surface area contributed by atoms with Crippen molar-refractivity contribution in [3.63, 3.8) is 0 Å². The lowest BCUT2D eigenvalue weighted by atomic mass is 10.2. The van der Waals surface area contributed by atoms with E-state index in [0.29, 0.717) is 6.54 Å². The third kappa shape index (κ3) is 4.65. The van der Waals surface area contributed by atoms with E-state index < -0.39 is 11.8 Å². The molecule has 2 rings (SSSR count). The molecular formula is C15H16ClN5O2. The van der Waals surface area contributed by atoms with Crippen LogP contribution >= 0.6 is 11.6 Å². The van der Waals surface area contributed by atoms with Gasteiger partial charge in [-0.3, -0.25) is 9.59 Å². The van der Waals surface area contributed by atoms with Crippen molar-refractivity contribution in [2.45, 2.75) is 6.54 Å². The Morgan fingerprint density at radius 3 is 2.65 bits per heavy atom. The standard InChI is InChI=1S/C15H16ClN5O2/c1-21(9-12(17)22)14(23)13-11(16)8-19-15(20-13)18-7-10-5-3-2-4-6-10/h2-6,8H,7,9H2,1H3,(H2,17,22)(H,18,19,20). The van der Waals surface area contributed by atoms with E-state index in [4.69, 9.17) is 17.3 Å². The highest BCUT2D eigenvalue weighted by Gasteiger charge is 2.19. The van der Waals surface area contributed by atoms with E-state index in [2.05, 4.69) is 15.3 Å². The van der Waals surface area contributed by atoms with Crippen LogP contribution < -0.4 is 11.1 Å². The molecule has 120 valence electrons. The lowest BCUT2D eigenvalue weighted by Crippen LogP contribution is -2.36. The molecule has 1 aromatic carbocycles. The second-order valence-corrected chi connectivity index (χ2v) is 5.26. The van der Waals surface area contributed by atoms with Gasteiger partial charge in [0.2, 0.25) is 11.9 Å². The Bertz CT molecular complexity index is 708. The number of carbonyl (C=O) groups excluding carboxylic acids is 2. The normalized spacial score (nSPS) is 10.2. The molecule has 3 N–H and O–H groups in total. The summed E-state index contributed by atoms with van der Waals surface area (Å²) in [5.74, 6) is -0.846. The first-order chi connectivity index (χ1) is 11.0. The summed E-state index contributed by atoms with van der Waals surface area (Å²) in [6.07, 6.45) is 1.34. The van der Waals surface area contributed by atoms with Gasteiger partial charge in [-0.05, 0) is 5.56 Å². The lowest BCUT2D eigenvalue weighted by Gasteiger charge is -2.15. The predicted molar refractivity (Wildman–Crippen MR) is 87.0 cm³/mol. The number of nitrogens with zero attached hydrogens (tertiary/aromatic N) is 3. The molecule has 0 fully saturated rings. The number of anilines is 1. The van der Waals surface area contributed by atoms with Gasteiger partial charge in [-0.15, -0.1) is 0 Å². The third-order valence-corrected chi connectivity index (χ3v) is 3.26. The molecule has 1 heterocycles. The first-order valence-corrected chi connectivity index (χ1v) is 7.19. The van der Waals surface area contributed by atoms with E-state index in [1.165, 1.54) is 13.2 Å². The van der Waals surface area contributed by atoms with Gasteiger partial charge in [-0.25, -0.2) is 9.97 Å². The summed E-state index contributed by atoms with van der Waals surface area (Å²) in [5.41, 5.74) is 6.14. The minimum Gasteiger partial charge on any atom is -0.368 e. The average molecular weight is 334 g/mol. The SMILES string of the molecule is CN(CC(N)=O)C(=O)c1nc(NCc2ccccc2)ncc1Cl. The van der Waals surface area contributed by atoms with Crippen molar-refractivity contribution in [1.29, 1.82) is 0 Å². The number of carbonyl (C=O) groups is 2. The first kappa shape index (κ1) is 16.7. The monoisotopic (exact) mass is 333 g/mol. The number of nitrogens with one attached hydrogen (secondary N) is 1. The fourth-order valence-electron chi connectivity index (χ4n) is 1.87. The zero-order chi connectivity index (χ0) is 16.8. The van der Waals surface area contributed by atoms with Crippen molar-refractivity contribution in [3.8, 4) is 0 Å². The van der Waals surface area contributed by atoms with Gasteiger partial charge in [0, 0.05) is 13.6 Å². The Hall–Kier alpha value is -2.67. The second kappa shape index (κ2) is 7.55. The van der Waals surface area contributed by atoms with Crippen LogP contribution in [-0.2, 0) is 11.3 Å². The molecular weight excluding hydrogens is 318 g/mol. The number of hydrogen-bond donors (Lipinski definition) is 2. The zero-order valence-electron chi connectivity index (χ0n) is 12.5. The number of primary amides is 1. The van der Waals surface area contributed by atoms with Gasteiger partial charge in [0.25, 0.3) is 5.91 Å². The van der Waals surface area contributed by atoms with Crippen molar-refractivity contribution >= 4 is 29.4 Å². The van der Waals surface area contributed by atoms with Crippen molar-refractivity contribution in [2.24, 2.45) is 5.73 Å². The predicted octanol–water partition coefficient (Wildman–Crippen LogP) is 1.30. The van der Waals surface area contributed by atoms with Crippen LogP contribution in [0, 0.1) is 0 Å². The highest BCUT2D eigenvalue weighted by molar-refractivity contribution is 6.33. The molecule has 0 saturated heterocycles. The Morgan fingerprint density at radius 2 is 2.00 bits per heavy atom. The number of benzene rings is 1. The lowest BCUT2D eigenvalue weighted by molar-refractivity contribution is -0.118. The molecule has 0 aliphatic heterocycles. The molecule has 1 aromatic heterocycles. The molecule has 8 heteroatoms. The molecule has 2 aromatic rings. The Morgan fingerprint density at radius 1 is 1.30 bits per heavy atom. The van der Waals surface area contributed by atoms with Gasteiger partial charge in [0.15, 0.2) is 5.69 Å². The Balaban J connectivity index is 2.12. The van der Waals surface area contributed by atoms with Gasteiger partial charge < -0.3 is 16.0 Å². The van der Waals surface area contributed by atoms with Gasteiger partial charge in [0.05, 0.1) is 17.8 Å². The topological polar surface area (TPSA) is 101 Å². The summed E-state index contributed by atoms with van der Waals surface area (Å²) in [5, 5.41) is 3.13. The molecule has 2 amide bonds. The molecule has 0 radical (unpaired) electrons. The summed E-state index contributed by atoms with van der Waals surface area (Å²) in [7, 11) is 1.45. The summed E-state index contributed by atoms with van der Waals surface area (Å²) in [6.45, 7) is 0.291. The number of halogens is 1. The Kier molecular flexibility index (Phi) is 5.48. The van der Waals surface area contributed by atoms with E-state index in [1.54, 1.807) is 0 Å². The molecule has 7 nitrogen and oxygen atoms in total. The molecule has 23 heavy (non-hydrogen) atoms. The largest absolute Gasteiger partial charge is 0.368 e. The number of nitrogens with two attached hydrogens (primary N) is 1. The third-order valence-electron chi connectivity index (χ3n) is 2.98. The van der Waals surface area contributed by atoms with Crippen LogP contribution in [0.1, 0.15) is 16.1 Å². The van der Waals surface area contributed by atoms with Crippen LogP contribution in [0.25, 0.3) is 0 Å². The molecule has 0 saturated carbocycles. The van der Waals surface area contributed by atoms with Crippen LogP contribution in [-0.4, -0.2) is 40.3 Å². The Labute approximate surface area is 138 Å². The van der Waals surface area contributed by atoms with Crippen LogP contribution in [0.4, 0.5) is 5.95 Å². The minimum absolute atomic E-state index is 0.0148. The highest BCUT2D eigenvalue weighted by Crippen LogP contribution is 2.16. The van der Waals surface area contributed by atoms with Crippen molar-refractivity contribution < 1.29 is 9.59 Å². The molecule has 0 unspecified atom stereocenters. The van der Waals surface area contributed by atoms with Crippen LogP contribution in [0.2, 0.25) is 5.02 Å². The van der Waals surface area contributed by atoms with Gasteiger partial charge >= 0.3 is 0 Å². The maximum atomic E-state index is 12.2. The summed E-state index contributed by atoms with van der Waals surface area (Å²) < 4.78 is 0. The number of likely N-dealkylation sites (N-methyl/N-ethyl adjacent to an activating group) is 1. The van der Waals surface area contributed by atoms with Crippen molar-refractivity contribution in [1.82, 2.24) is 14.9 Å². The molecule has 0 bridgehead atoms. The van der Waals surface area contributed by atoms with Crippen LogP contribution in [0.5, 0.6) is 0 Å². The number of rotatable bonds is 6. The number of aromatic nitrogens is 2. The highest BCUT2D eigenvalue weighted by atomic mass is 35.5. The maximum Gasteiger partial charge on any atom is 0.274 e. The summed E-state index contributed by atoms with van der Waals surface area (Å²) in [6, 6.07) is 9.68. The van der Waals surface area contributed by atoms with E-state index in [-0.39, 0.29) is 23.2 Å². The van der Waals surface area contributed by atoms with Crippen LogP contribution in [0.15, 0.2) is 36.5 Å². The molecule has 0 aliphatic rings. The van der Waals surface area contributed by atoms with E-state index in [0.717, 1.165) is 10.5 Å². The average Bonchev–Trinajstić information content (AvgIpc) is 2.53. The van der Waals surface area contributed by atoms with E-state index in [9.17, 15) is 9.59 Å². The molecule has 0 aliphatic carbocycles. The van der Waals surface area contributed by atoms with Gasteiger partial charge in [-0.2, -0.15) is 0 Å². The maximum absolute atomic E-state index is 12.2. The van der Waals surface area contributed by atoms with Gasteiger partial charge in [-0.1, -0.05) is 41.9 Å². The van der Waals surface area contributed by atoms with Crippen molar-refractivity contribution in [3.05, 3.63) is 52.8 Å². The summed E-state index contributed by atoms with van der Waals surface area (Å²) >= 11 is 5.97. The summed E-state index contributed by atoms with van der Waals surface area (Å²) in [4.78, 5) is 32.5. The number of hydrogen-bond acceptors (Lipinski definition) is 5. The minimum atomic E-state index is -0.617. The molecule has 0 atom stereocenters. The quantitative estimate of drug-likeness (QED) is 0.829. The zero-order valence-corrected chi connectivity index (χ0v) is 13.2. The first-order valence-electron chi connectivity index (χ1n) is 6.81. The fourth-order valence-corrected chi connectivity index (χ4v) is 2.04. The second-order valence-electron chi connectivity index (χ2n) is 4.86. The van der Waals surface area contributed by atoms with Crippen LogP contribution in [0.3, 0.4) is 0 Å². The fraction of sp³-hybridized carbons (Fsp3) is 0.200. The smallest absolute Gasteiger partial charge is 0.274 e. The van der Waals surface area contributed by atoms with Gasteiger partial charge in [0.1, 0.15) is 0 Å². The number of amides is 2. The molecule has 0 spiro atoms. The van der Waals surface area contributed by atoms with E-state index in [1.807, 2.05) is 30.3 Å².